The van der Waals surface area contributed by atoms with Crippen LogP contribution in [-0.2, 0) is 0 Å². The van der Waals surface area contributed by atoms with Crippen LogP contribution in [-0.4, -0.2) is 16.5 Å². The van der Waals surface area contributed by atoms with Crippen molar-refractivity contribution in [3.8, 4) is 0 Å². The summed E-state index contributed by atoms with van der Waals surface area (Å²) in [6, 6.07) is 10.4. The Labute approximate surface area is 93.5 Å². The van der Waals surface area contributed by atoms with Gasteiger partial charge in [-0.15, -0.1) is 0 Å². The molecule has 16 heavy (non-hydrogen) atoms. The molecule has 0 unspecified atom stereocenters. The molecule has 3 aromatic rings. The SMILES string of the molecule is CCNc1cc2c(cn1)[nH]c1ccccc12. The number of rotatable bonds is 2. The maximum absolute atomic E-state index is 4.35. The van der Waals surface area contributed by atoms with Gasteiger partial charge in [0.2, 0.25) is 0 Å². The molecule has 3 rings (SSSR count). The highest BCUT2D eigenvalue weighted by atomic mass is 15.0. The highest BCUT2D eigenvalue weighted by molar-refractivity contribution is 6.07. The minimum atomic E-state index is 0.890. The van der Waals surface area contributed by atoms with Crippen molar-refractivity contribution in [2.45, 2.75) is 6.92 Å². The Hall–Kier alpha value is -2.03. The number of aromatic nitrogens is 2. The van der Waals surface area contributed by atoms with Crippen LogP contribution in [0, 0.1) is 0 Å². The Morgan fingerprint density at radius 1 is 1.19 bits per heavy atom. The summed E-state index contributed by atoms with van der Waals surface area (Å²) in [4.78, 5) is 7.71. The summed E-state index contributed by atoms with van der Waals surface area (Å²) in [6.07, 6.45) is 1.88. The first-order chi connectivity index (χ1) is 7.88. The van der Waals surface area contributed by atoms with Gasteiger partial charge in [0.15, 0.2) is 0 Å². The van der Waals surface area contributed by atoms with Gasteiger partial charge in [0.05, 0.1) is 11.7 Å². The van der Waals surface area contributed by atoms with Crippen molar-refractivity contribution in [3.63, 3.8) is 0 Å². The molecule has 3 heteroatoms. The van der Waals surface area contributed by atoms with Crippen molar-refractivity contribution < 1.29 is 0 Å². The first kappa shape index (κ1) is 9.21. The number of benzene rings is 1. The van der Waals surface area contributed by atoms with Crippen molar-refractivity contribution in [3.05, 3.63) is 36.5 Å². The molecular weight excluding hydrogens is 198 g/mol. The minimum absolute atomic E-state index is 0.890. The molecule has 3 nitrogen and oxygen atoms in total. The Morgan fingerprint density at radius 2 is 2.06 bits per heavy atom. The van der Waals surface area contributed by atoms with Gasteiger partial charge < -0.3 is 10.3 Å². The molecule has 0 aliphatic rings. The number of hydrogen-bond donors (Lipinski definition) is 2. The molecule has 0 saturated carbocycles. The molecule has 2 heterocycles. The second-order valence-electron chi connectivity index (χ2n) is 3.82. The molecule has 0 atom stereocenters. The molecule has 2 aromatic heterocycles. The van der Waals surface area contributed by atoms with Gasteiger partial charge in [-0.2, -0.15) is 0 Å². The van der Waals surface area contributed by atoms with Crippen LogP contribution in [0.25, 0.3) is 21.8 Å². The third-order valence-corrected chi connectivity index (χ3v) is 2.75. The van der Waals surface area contributed by atoms with Crippen molar-refractivity contribution in [2.24, 2.45) is 0 Å². The average molecular weight is 211 g/mol. The number of fused-ring (bicyclic) bond motifs is 3. The van der Waals surface area contributed by atoms with Gasteiger partial charge in [0.1, 0.15) is 5.82 Å². The molecule has 0 aliphatic carbocycles. The van der Waals surface area contributed by atoms with Gasteiger partial charge in [-0.25, -0.2) is 4.98 Å². The van der Waals surface area contributed by atoms with E-state index in [1.807, 2.05) is 12.3 Å². The number of pyridine rings is 1. The standard InChI is InChI=1S/C13H13N3/c1-2-14-13-7-10-9-5-3-4-6-11(9)16-12(10)8-15-13/h3-8,16H,2H2,1H3,(H,14,15). The zero-order chi connectivity index (χ0) is 11.0. The van der Waals surface area contributed by atoms with Gasteiger partial charge in [-0.1, -0.05) is 18.2 Å². The van der Waals surface area contributed by atoms with E-state index in [2.05, 4.69) is 46.5 Å². The molecule has 0 saturated heterocycles. The molecule has 0 fully saturated rings. The fraction of sp³-hybridized carbons (Fsp3) is 0.154. The number of para-hydroxylation sites is 1. The van der Waals surface area contributed by atoms with Crippen LogP contribution in [0.5, 0.6) is 0 Å². The van der Waals surface area contributed by atoms with Crippen molar-refractivity contribution >= 4 is 27.6 Å². The molecule has 2 N–H and O–H groups in total. The molecule has 80 valence electrons. The Kier molecular flexibility index (Phi) is 2.03. The number of nitrogens with zero attached hydrogens (tertiary/aromatic N) is 1. The first-order valence-electron chi connectivity index (χ1n) is 5.49. The monoisotopic (exact) mass is 211 g/mol. The van der Waals surface area contributed by atoms with Crippen LogP contribution in [0.15, 0.2) is 36.5 Å². The molecule has 0 amide bonds. The van der Waals surface area contributed by atoms with E-state index in [1.165, 1.54) is 10.8 Å². The third-order valence-electron chi connectivity index (χ3n) is 2.75. The Bertz CT molecular complexity index is 640. The van der Waals surface area contributed by atoms with E-state index < -0.39 is 0 Å². The summed E-state index contributed by atoms with van der Waals surface area (Å²) in [5.41, 5.74) is 2.25. The van der Waals surface area contributed by atoms with E-state index in [-0.39, 0.29) is 0 Å². The van der Waals surface area contributed by atoms with Crippen LogP contribution in [0.2, 0.25) is 0 Å². The van der Waals surface area contributed by atoms with Gasteiger partial charge in [0, 0.05) is 22.8 Å². The van der Waals surface area contributed by atoms with Crippen molar-refractivity contribution in [1.82, 2.24) is 9.97 Å². The van der Waals surface area contributed by atoms with E-state index in [9.17, 15) is 0 Å². The number of hydrogen-bond acceptors (Lipinski definition) is 2. The summed E-state index contributed by atoms with van der Waals surface area (Å²) < 4.78 is 0. The van der Waals surface area contributed by atoms with Gasteiger partial charge in [-0.05, 0) is 19.1 Å². The topological polar surface area (TPSA) is 40.7 Å². The lowest BCUT2D eigenvalue weighted by Gasteiger charge is -2.00. The zero-order valence-corrected chi connectivity index (χ0v) is 9.12. The number of aromatic amines is 1. The summed E-state index contributed by atoms with van der Waals surface area (Å²) in [5.74, 6) is 0.930. The van der Waals surface area contributed by atoms with E-state index in [4.69, 9.17) is 0 Å². The second kappa shape index (κ2) is 3.52. The molecule has 0 spiro atoms. The summed E-state index contributed by atoms with van der Waals surface area (Å²) in [6.45, 7) is 2.96. The van der Waals surface area contributed by atoms with Gasteiger partial charge >= 0.3 is 0 Å². The minimum Gasteiger partial charge on any atom is -0.370 e. The van der Waals surface area contributed by atoms with E-state index in [0.717, 1.165) is 23.4 Å². The maximum atomic E-state index is 4.35. The fourth-order valence-corrected chi connectivity index (χ4v) is 2.03. The van der Waals surface area contributed by atoms with E-state index in [1.54, 1.807) is 0 Å². The number of nitrogens with one attached hydrogen (secondary N) is 2. The molecule has 0 bridgehead atoms. The molecule has 1 aromatic carbocycles. The van der Waals surface area contributed by atoms with Crippen molar-refractivity contribution in [1.29, 1.82) is 0 Å². The van der Waals surface area contributed by atoms with Crippen LogP contribution < -0.4 is 5.32 Å². The maximum Gasteiger partial charge on any atom is 0.126 e. The summed E-state index contributed by atoms with van der Waals surface area (Å²) in [5, 5.41) is 5.70. The summed E-state index contributed by atoms with van der Waals surface area (Å²) >= 11 is 0. The normalized spacial score (nSPS) is 11.1. The predicted molar refractivity (Wildman–Crippen MR) is 67.8 cm³/mol. The fourth-order valence-electron chi connectivity index (χ4n) is 2.03. The van der Waals surface area contributed by atoms with Crippen LogP contribution in [0.1, 0.15) is 6.92 Å². The quantitative estimate of drug-likeness (QED) is 0.683. The zero-order valence-electron chi connectivity index (χ0n) is 9.12. The molecular formula is C13H13N3. The van der Waals surface area contributed by atoms with E-state index >= 15 is 0 Å². The first-order valence-corrected chi connectivity index (χ1v) is 5.49. The van der Waals surface area contributed by atoms with Crippen LogP contribution >= 0.6 is 0 Å². The smallest absolute Gasteiger partial charge is 0.126 e. The van der Waals surface area contributed by atoms with Crippen LogP contribution in [0.4, 0.5) is 5.82 Å². The Balaban J connectivity index is 2.31. The number of anilines is 1. The van der Waals surface area contributed by atoms with Crippen LogP contribution in [0.3, 0.4) is 0 Å². The second-order valence-corrected chi connectivity index (χ2v) is 3.82. The predicted octanol–water partition coefficient (Wildman–Crippen LogP) is 3.15. The average Bonchev–Trinajstić information content (AvgIpc) is 2.68. The van der Waals surface area contributed by atoms with E-state index in [0.29, 0.717) is 0 Å². The Morgan fingerprint density at radius 3 is 2.94 bits per heavy atom. The van der Waals surface area contributed by atoms with Crippen molar-refractivity contribution in [2.75, 3.05) is 11.9 Å². The molecule has 0 radical (unpaired) electrons. The van der Waals surface area contributed by atoms with Gasteiger partial charge in [-0.3, -0.25) is 0 Å². The third kappa shape index (κ3) is 1.33. The molecule has 0 aliphatic heterocycles. The lowest BCUT2D eigenvalue weighted by Crippen LogP contribution is -1.97. The highest BCUT2D eigenvalue weighted by Crippen LogP contribution is 2.25. The number of H-pyrrole nitrogens is 1. The van der Waals surface area contributed by atoms with Gasteiger partial charge in [0.25, 0.3) is 0 Å². The largest absolute Gasteiger partial charge is 0.370 e. The lowest BCUT2D eigenvalue weighted by atomic mass is 10.2. The highest BCUT2D eigenvalue weighted by Gasteiger charge is 2.04. The lowest BCUT2D eigenvalue weighted by molar-refractivity contribution is 1.17. The summed E-state index contributed by atoms with van der Waals surface area (Å²) in [7, 11) is 0.